The van der Waals surface area contributed by atoms with Gasteiger partial charge in [-0.2, -0.15) is 0 Å². The van der Waals surface area contributed by atoms with Crippen molar-refractivity contribution in [3.8, 4) is 0 Å². The Bertz CT molecular complexity index is 564. The average Bonchev–Trinajstić information content (AvgIpc) is 3.02. The minimum Gasteiger partial charge on any atom is -0.393 e. The number of benzene rings is 1. The van der Waals surface area contributed by atoms with Crippen LogP contribution in [0.1, 0.15) is 61.3 Å². The Morgan fingerprint density at radius 1 is 1.17 bits per heavy atom. The molecule has 4 nitrogen and oxygen atoms in total. The molecule has 1 saturated carbocycles. The Balaban J connectivity index is 1.69. The topological polar surface area (TPSA) is 52.6 Å². The number of nitrogens with zero attached hydrogens (tertiary/aromatic N) is 1. The SMILES string of the molecule is Cc1cccc([C@@H]2CCCN2C(=O)NC2CCC(O)CC2)c1C. The zero-order valence-electron chi connectivity index (χ0n) is 14.2. The summed E-state index contributed by atoms with van der Waals surface area (Å²) in [6, 6.07) is 6.86. The van der Waals surface area contributed by atoms with Crippen molar-refractivity contribution in [2.24, 2.45) is 0 Å². The van der Waals surface area contributed by atoms with Crippen molar-refractivity contribution in [1.82, 2.24) is 10.2 Å². The molecule has 0 spiro atoms. The number of rotatable bonds is 2. The first kappa shape index (κ1) is 16.3. The highest BCUT2D eigenvalue weighted by Gasteiger charge is 2.32. The van der Waals surface area contributed by atoms with Crippen LogP contribution >= 0.6 is 0 Å². The molecule has 0 aromatic heterocycles. The quantitative estimate of drug-likeness (QED) is 0.878. The summed E-state index contributed by atoms with van der Waals surface area (Å²) in [7, 11) is 0. The number of carbonyl (C=O) groups is 1. The number of carbonyl (C=O) groups excluding carboxylic acids is 1. The lowest BCUT2D eigenvalue weighted by Gasteiger charge is -2.31. The van der Waals surface area contributed by atoms with Gasteiger partial charge in [-0.3, -0.25) is 0 Å². The summed E-state index contributed by atoms with van der Waals surface area (Å²) >= 11 is 0. The van der Waals surface area contributed by atoms with Crippen LogP contribution < -0.4 is 5.32 Å². The van der Waals surface area contributed by atoms with Crippen molar-refractivity contribution in [2.45, 2.75) is 70.6 Å². The smallest absolute Gasteiger partial charge is 0.318 e. The molecule has 0 radical (unpaired) electrons. The Morgan fingerprint density at radius 2 is 1.91 bits per heavy atom. The van der Waals surface area contributed by atoms with E-state index in [-0.39, 0.29) is 24.2 Å². The van der Waals surface area contributed by atoms with E-state index < -0.39 is 0 Å². The normalized spacial score (nSPS) is 28.0. The van der Waals surface area contributed by atoms with Crippen molar-refractivity contribution in [1.29, 1.82) is 0 Å². The van der Waals surface area contributed by atoms with E-state index in [0.29, 0.717) is 0 Å². The molecule has 1 saturated heterocycles. The maximum atomic E-state index is 12.7. The molecule has 1 aromatic carbocycles. The second-order valence-corrected chi connectivity index (χ2v) is 7.10. The summed E-state index contributed by atoms with van der Waals surface area (Å²) in [5.74, 6) is 0. The number of aliphatic hydroxyl groups excluding tert-OH is 1. The van der Waals surface area contributed by atoms with E-state index in [0.717, 1.165) is 45.1 Å². The van der Waals surface area contributed by atoms with Crippen LogP contribution in [0.25, 0.3) is 0 Å². The highest BCUT2D eigenvalue weighted by molar-refractivity contribution is 5.75. The van der Waals surface area contributed by atoms with Gasteiger partial charge in [0.1, 0.15) is 0 Å². The van der Waals surface area contributed by atoms with Gasteiger partial charge in [-0.1, -0.05) is 18.2 Å². The molecule has 0 bridgehead atoms. The van der Waals surface area contributed by atoms with Gasteiger partial charge in [0.2, 0.25) is 0 Å². The van der Waals surface area contributed by atoms with E-state index in [9.17, 15) is 9.90 Å². The molecular formula is C19H28N2O2. The van der Waals surface area contributed by atoms with Gasteiger partial charge in [-0.25, -0.2) is 4.79 Å². The molecule has 2 amide bonds. The summed E-state index contributed by atoms with van der Waals surface area (Å²) in [4.78, 5) is 14.7. The van der Waals surface area contributed by atoms with Crippen LogP contribution in [0, 0.1) is 13.8 Å². The minimum atomic E-state index is -0.183. The number of aryl methyl sites for hydroxylation is 1. The standard InChI is InChI=1S/C19H28N2O2/c1-13-5-3-6-17(14(13)2)18-7-4-12-21(18)19(23)20-15-8-10-16(22)11-9-15/h3,5-6,15-16,18,22H,4,7-12H2,1-2H3,(H,20,23)/t15?,16?,18-/m0/s1. The van der Waals surface area contributed by atoms with Gasteiger partial charge in [-0.05, 0) is 69.1 Å². The highest BCUT2D eigenvalue weighted by Crippen LogP contribution is 2.34. The number of amides is 2. The van der Waals surface area contributed by atoms with Gasteiger partial charge in [0.25, 0.3) is 0 Å². The Labute approximate surface area is 138 Å². The summed E-state index contributed by atoms with van der Waals surface area (Å²) < 4.78 is 0. The highest BCUT2D eigenvalue weighted by atomic mass is 16.3. The lowest BCUT2D eigenvalue weighted by molar-refractivity contribution is 0.114. The van der Waals surface area contributed by atoms with Crippen LogP contribution in [-0.4, -0.2) is 34.7 Å². The number of hydrogen-bond acceptors (Lipinski definition) is 2. The zero-order chi connectivity index (χ0) is 16.4. The molecule has 1 aliphatic carbocycles. The summed E-state index contributed by atoms with van der Waals surface area (Å²) in [6.07, 6.45) is 5.29. The largest absolute Gasteiger partial charge is 0.393 e. The minimum absolute atomic E-state index is 0.0646. The third kappa shape index (κ3) is 3.52. The van der Waals surface area contributed by atoms with Crippen molar-refractivity contribution in [3.05, 3.63) is 34.9 Å². The molecule has 2 fully saturated rings. The number of aliphatic hydroxyl groups is 1. The van der Waals surface area contributed by atoms with Gasteiger partial charge in [0.05, 0.1) is 12.1 Å². The van der Waals surface area contributed by atoms with E-state index in [1.807, 2.05) is 4.90 Å². The third-order valence-electron chi connectivity index (χ3n) is 5.54. The second kappa shape index (κ2) is 6.91. The molecule has 0 unspecified atom stereocenters. The van der Waals surface area contributed by atoms with Crippen molar-refractivity contribution >= 4 is 6.03 Å². The molecule has 1 heterocycles. The number of likely N-dealkylation sites (tertiary alicyclic amines) is 1. The average molecular weight is 316 g/mol. The summed E-state index contributed by atoms with van der Waals surface area (Å²) in [6.45, 7) is 5.12. The van der Waals surface area contributed by atoms with Gasteiger partial charge in [0.15, 0.2) is 0 Å². The van der Waals surface area contributed by atoms with Gasteiger partial charge < -0.3 is 15.3 Å². The maximum Gasteiger partial charge on any atom is 0.318 e. The second-order valence-electron chi connectivity index (χ2n) is 7.10. The molecule has 1 atom stereocenters. The van der Waals surface area contributed by atoms with Crippen LogP contribution in [-0.2, 0) is 0 Å². The van der Waals surface area contributed by atoms with E-state index in [4.69, 9.17) is 0 Å². The van der Waals surface area contributed by atoms with E-state index in [2.05, 4.69) is 37.4 Å². The molecule has 2 aliphatic rings. The van der Waals surface area contributed by atoms with E-state index in [1.165, 1.54) is 16.7 Å². The predicted octanol–water partition coefficient (Wildman–Crippen LogP) is 3.45. The first-order chi connectivity index (χ1) is 11.1. The maximum absolute atomic E-state index is 12.7. The molecule has 1 aliphatic heterocycles. The molecule has 23 heavy (non-hydrogen) atoms. The van der Waals surface area contributed by atoms with Crippen molar-refractivity contribution < 1.29 is 9.90 Å². The fraction of sp³-hybridized carbons (Fsp3) is 0.632. The van der Waals surface area contributed by atoms with E-state index >= 15 is 0 Å². The third-order valence-corrected chi connectivity index (χ3v) is 5.54. The Hall–Kier alpha value is -1.55. The van der Waals surface area contributed by atoms with Gasteiger partial charge in [0, 0.05) is 12.6 Å². The fourth-order valence-electron chi connectivity index (χ4n) is 3.95. The lowest BCUT2D eigenvalue weighted by Crippen LogP contribution is -2.46. The Morgan fingerprint density at radius 3 is 2.65 bits per heavy atom. The fourth-order valence-corrected chi connectivity index (χ4v) is 3.95. The summed E-state index contributed by atoms with van der Waals surface area (Å²) in [5, 5.41) is 12.8. The molecule has 3 rings (SSSR count). The zero-order valence-corrected chi connectivity index (χ0v) is 14.2. The monoisotopic (exact) mass is 316 g/mol. The summed E-state index contributed by atoms with van der Waals surface area (Å²) in [5.41, 5.74) is 3.88. The van der Waals surface area contributed by atoms with Gasteiger partial charge in [-0.15, -0.1) is 0 Å². The molecule has 1 aromatic rings. The first-order valence-electron chi connectivity index (χ1n) is 8.87. The molecule has 4 heteroatoms. The van der Waals surface area contributed by atoms with Gasteiger partial charge >= 0.3 is 6.03 Å². The van der Waals surface area contributed by atoms with Crippen LogP contribution in [0.4, 0.5) is 4.79 Å². The molecular weight excluding hydrogens is 288 g/mol. The number of nitrogens with one attached hydrogen (secondary N) is 1. The molecule has 126 valence electrons. The number of hydrogen-bond donors (Lipinski definition) is 2. The molecule has 2 N–H and O–H groups in total. The predicted molar refractivity (Wildman–Crippen MR) is 91.4 cm³/mol. The van der Waals surface area contributed by atoms with Crippen molar-refractivity contribution in [2.75, 3.05) is 6.54 Å². The van der Waals surface area contributed by atoms with Crippen LogP contribution in [0.2, 0.25) is 0 Å². The van der Waals surface area contributed by atoms with Crippen molar-refractivity contribution in [3.63, 3.8) is 0 Å². The van der Waals surface area contributed by atoms with E-state index in [1.54, 1.807) is 0 Å². The number of urea groups is 1. The lowest BCUT2D eigenvalue weighted by atomic mass is 9.93. The Kier molecular flexibility index (Phi) is 4.90. The van der Waals surface area contributed by atoms with Crippen LogP contribution in [0.5, 0.6) is 0 Å². The van der Waals surface area contributed by atoms with Crippen LogP contribution in [0.15, 0.2) is 18.2 Å². The first-order valence-corrected chi connectivity index (χ1v) is 8.87. The van der Waals surface area contributed by atoms with Crippen LogP contribution in [0.3, 0.4) is 0 Å².